The first kappa shape index (κ1) is 11.3. The van der Waals surface area contributed by atoms with E-state index in [0.717, 1.165) is 29.5 Å². The van der Waals surface area contributed by atoms with Crippen LogP contribution < -0.4 is 10.4 Å². The van der Waals surface area contributed by atoms with Gasteiger partial charge in [-0.3, -0.25) is 0 Å². The molecule has 1 aromatic heterocycles. The summed E-state index contributed by atoms with van der Waals surface area (Å²) in [6.07, 6.45) is 2.00. The highest BCUT2D eigenvalue weighted by Gasteiger charge is 2.27. The van der Waals surface area contributed by atoms with Crippen LogP contribution in [-0.4, -0.2) is 5.60 Å². The SMILES string of the molecule is Cc1cc(=O)oc2cc3c(cc12)CCC(C)(C)O3. The molecule has 0 saturated carbocycles. The molecular weight excluding hydrogens is 228 g/mol. The van der Waals surface area contributed by atoms with E-state index < -0.39 is 0 Å². The van der Waals surface area contributed by atoms with Gasteiger partial charge in [-0.1, -0.05) is 0 Å². The van der Waals surface area contributed by atoms with Gasteiger partial charge in [-0.15, -0.1) is 0 Å². The van der Waals surface area contributed by atoms with Gasteiger partial charge in [0.15, 0.2) is 0 Å². The molecule has 0 bridgehead atoms. The topological polar surface area (TPSA) is 39.4 Å². The standard InChI is InChI=1S/C15H16O3/c1-9-6-14(16)17-13-8-12-10(7-11(9)13)4-5-15(2,3)18-12/h6-8H,4-5H2,1-3H3. The second-order valence-corrected chi connectivity index (χ2v) is 5.57. The maximum absolute atomic E-state index is 11.4. The summed E-state index contributed by atoms with van der Waals surface area (Å²) in [5.41, 5.74) is 2.30. The summed E-state index contributed by atoms with van der Waals surface area (Å²) in [6.45, 7) is 6.08. The third-order valence-corrected chi connectivity index (χ3v) is 3.52. The Bertz CT molecular complexity index is 680. The highest BCUT2D eigenvalue weighted by Crippen LogP contribution is 2.36. The van der Waals surface area contributed by atoms with Crippen LogP contribution in [0.25, 0.3) is 11.0 Å². The Kier molecular flexibility index (Phi) is 2.27. The van der Waals surface area contributed by atoms with Crippen molar-refractivity contribution in [2.45, 2.75) is 39.2 Å². The van der Waals surface area contributed by atoms with Crippen LogP contribution in [0.15, 0.2) is 27.4 Å². The summed E-state index contributed by atoms with van der Waals surface area (Å²) in [4.78, 5) is 11.4. The molecule has 1 aliphatic rings. The first-order valence-electron chi connectivity index (χ1n) is 6.21. The maximum atomic E-state index is 11.4. The monoisotopic (exact) mass is 244 g/mol. The first-order valence-corrected chi connectivity index (χ1v) is 6.21. The molecule has 94 valence electrons. The van der Waals surface area contributed by atoms with Crippen molar-refractivity contribution in [2.24, 2.45) is 0 Å². The summed E-state index contributed by atoms with van der Waals surface area (Å²) in [5, 5.41) is 0.997. The van der Waals surface area contributed by atoms with E-state index in [1.807, 2.05) is 13.0 Å². The van der Waals surface area contributed by atoms with Crippen molar-refractivity contribution in [3.8, 4) is 5.75 Å². The van der Waals surface area contributed by atoms with E-state index in [2.05, 4.69) is 19.9 Å². The molecule has 0 unspecified atom stereocenters. The molecule has 0 aliphatic carbocycles. The number of rotatable bonds is 0. The minimum atomic E-state index is -0.310. The average Bonchev–Trinajstić information content (AvgIpc) is 2.25. The molecule has 1 aromatic carbocycles. The van der Waals surface area contributed by atoms with Gasteiger partial charge in [-0.2, -0.15) is 0 Å². The number of aryl methyl sites for hydroxylation is 2. The predicted octanol–water partition coefficient (Wildman–Crippen LogP) is 3.21. The largest absolute Gasteiger partial charge is 0.487 e. The summed E-state index contributed by atoms with van der Waals surface area (Å²) in [5.74, 6) is 0.840. The normalized spacial score (nSPS) is 17.3. The molecule has 3 rings (SSSR count). The quantitative estimate of drug-likeness (QED) is 0.668. The molecule has 0 radical (unpaired) electrons. The molecule has 0 fully saturated rings. The van der Waals surface area contributed by atoms with Gasteiger partial charge in [0.05, 0.1) is 0 Å². The summed E-state index contributed by atoms with van der Waals surface area (Å²) in [6, 6.07) is 5.46. The molecule has 3 nitrogen and oxygen atoms in total. The van der Waals surface area contributed by atoms with Crippen LogP contribution in [0.3, 0.4) is 0 Å². The number of benzene rings is 1. The van der Waals surface area contributed by atoms with Crippen molar-refractivity contribution < 1.29 is 9.15 Å². The van der Waals surface area contributed by atoms with E-state index in [1.165, 1.54) is 11.6 Å². The Labute approximate surface area is 105 Å². The molecule has 1 aliphatic heterocycles. The van der Waals surface area contributed by atoms with E-state index in [4.69, 9.17) is 9.15 Å². The lowest BCUT2D eigenvalue weighted by molar-refractivity contribution is 0.0848. The zero-order valence-corrected chi connectivity index (χ0v) is 10.9. The van der Waals surface area contributed by atoms with Crippen molar-refractivity contribution in [3.05, 3.63) is 39.7 Å². The average molecular weight is 244 g/mol. The minimum absolute atomic E-state index is 0.148. The molecule has 0 atom stereocenters. The van der Waals surface area contributed by atoms with E-state index in [-0.39, 0.29) is 11.2 Å². The van der Waals surface area contributed by atoms with Crippen molar-refractivity contribution in [3.63, 3.8) is 0 Å². The molecule has 18 heavy (non-hydrogen) atoms. The predicted molar refractivity (Wildman–Crippen MR) is 70.2 cm³/mol. The van der Waals surface area contributed by atoms with Crippen LogP contribution in [0.5, 0.6) is 5.75 Å². The van der Waals surface area contributed by atoms with E-state index in [0.29, 0.717) is 5.58 Å². The Morgan fingerprint density at radius 1 is 1.22 bits per heavy atom. The van der Waals surface area contributed by atoms with Crippen LogP contribution in [0.1, 0.15) is 31.4 Å². The maximum Gasteiger partial charge on any atom is 0.336 e. The molecule has 0 N–H and O–H groups in total. The van der Waals surface area contributed by atoms with E-state index >= 15 is 0 Å². The number of hydrogen-bond donors (Lipinski definition) is 0. The molecule has 2 heterocycles. The molecule has 0 saturated heterocycles. The molecule has 3 heteroatoms. The Morgan fingerprint density at radius 2 is 2.00 bits per heavy atom. The number of fused-ring (bicyclic) bond motifs is 2. The lowest BCUT2D eigenvalue weighted by atomic mass is 9.93. The molecule has 2 aromatic rings. The van der Waals surface area contributed by atoms with Crippen LogP contribution in [0, 0.1) is 6.92 Å². The third kappa shape index (κ3) is 1.80. The van der Waals surface area contributed by atoms with Crippen LogP contribution in [0.2, 0.25) is 0 Å². The lowest BCUT2D eigenvalue weighted by Gasteiger charge is -2.32. The fourth-order valence-corrected chi connectivity index (χ4v) is 2.47. The first-order chi connectivity index (χ1) is 8.44. The lowest BCUT2D eigenvalue weighted by Crippen LogP contribution is -2.32. The fourth-order valence-electron chi connectivity index (χ4n) is 2.47. The Morgan fingerprint density at radius 3 is 2.78 bits per heavy atom. The van der Waals surface area contributed by atoms with Gasteiger partial charge in [0.25, 0.3) is 0 Å². The number of ether oxygens (including phenoxy) is 1. The Balaban J connectivity index is 2.25. The highest BCUT2D eigenvalue weighted by molar-refractivity contribution is 5.82. The zero-order valence-electron chi connectivity index (χ0n) is 10.9. The molecule has 0 amide bonds. The van der Waals surface area contributed by atoms with Gasteiger partial charge < -0.3 is 9.15 Å². The Hall–Kier alpha value is -1.77. The van der Waals surface area contributed by atoms with Gasteiger partial charge in [-0.05, 0) is 50.8 Å². The second kappa shape index (κ2) is 3.61. The number of hydrogen-bond acceptors (Lipinski definition) is 3. The van der Waals surface area contributed by atoms with Crippen LogP contribution in [0.4, 0.5) is 0 Å². The van der Waals surface area contributed by atoms with Crippen molar-refractivity contribution in [1.82, 2.24) is 0 Å². The van der Waals surface area contributed by atoms with Gasteiger partial charge >= 0.3 is 5.63 Å². The molecule has 0 spiro atoms. The summed E-state index contributed by atoms with van der Waals surface area (Å²) < 4.78 is 11.2. The van der Waals surface area contributed by atoms with Gasteiger partial charge in [0, 0.05) is 17.5 Å². The van der Waals surface area contributed by atoms with Gasteiger partial charge in [0.1, 0.15) is 16.9 Å². The van der Waals surface area contributed by atoms with E-state index in [1.54, 1.807) is 0 Å². The third-order valence-electron chi connectivity index (χ3n) is 3.52. The smallest absolute Gasteiger partial charge is 0.336 e. The van der Waals surface area contributed by atoms with Crippen molar-refractivity contribution in [2.75, 3.05) is 0 Å². The van der Waals surface area contributed by atoms with Crippen LogP contribution in [-0.2, 0) is 6.42 Å². The van der Waals surface area contributed by atoms with Gasteiger partial charge in [-0.25, -0.2) is 4.79 Å². The fraction of sp³-hybridized carbons (Fsp3) is 0.400. The van der Waals surface area contributed by atoms with Gasteiger partial charge in [0.2, 0.25) is 0 Å². The van der Waals surface area contributed by atoms with Crippen molar-refractivity contribution in [1.29, 1.82) is 0 Å². The summed E-state index contributed by atoms with van der Waals surface area (Å²) in [7, 11) is 0. The van der Waals surface area contributed by atoms with E-state index in [9.17, 15) is 4.79 Å². The second-order valence-electron chi connectivity index (χ2n) is 5.57. The zero-order chi connectivity index (χ0) is 12.9. The molecular formula is C15H16O3. The highest BCUT2D eigenvalue weighted by atomic mass is 16.5. The summed E-state index contributed by atoms with van der Waals surface area (Å²) >= 11 is 0. The van der Waals surface area contributed by atoms with Crippen molar-refractivity contribution >= 4 is 11.0 Å². The van der Waals surface area contributed by atoms with Crippen LogP contribution >= 0.6 is 0 Å². The minimum Gasteiger partial charge on any atom is -0.487 e.